The molecule has 1 atom stereocenters. The van der Waals surface area contributed by atoms with Crippen molar-refractivity contribution in [3.8, 4) is 0 Å². The van der Waals surface area contributed by atoms with Crippen LogP contribution in [0, 0.1) is 0 Å². The van der Waals surface area contributed by atoms with E-state index in [4.69, 9.17) is 0 Å². The van der Waals surface area contributed by atoms with Gasteiger partial charge in [0.1, 0.15) is 5.78 Å². The molecule has 3 rings (SSSR count). The Morgan fingerprint density at radius 1 is 1.04 bits per heavy atom. The number of ketones is 1. The Kier molecular flexibility index (Phi) is 5.22. The van der Waals surface area contributed by atoms with Gasteiger partial charge in [-0.2, -0.15) is 0 Å². The van der Waals surface area contributed by atoms with Crippen LogP contribution in [0.15, 0.2) is 60.8 Å². The van der Waals surface area contributed by atoms with Crippen LogP contribution in [0.4, 0.5) is 0 Å². The van der Waals surface area contributed by atoms with E-state index < -0.39 is 0 Å². The van der Waals surface area contributed by atoms with Gasteiger partial charge >= 0.3 is 0 Å². The van der Waals surface area contributed by atoms with Crippen LogP contribution in [0.2, 0.25) is 0 Å². The highest BCUT2D eigenvalue weighted by Gasteiger charge is 2.16. The number of pyridine rings is 1. The molecule has 1 unspecified atom stereocenters. The third-order valence-corrected chi connectivity index (χ3v) is 5.09. The van der Waals surface area contributed by atoms with Crippen molar-refractivity contribution in [2.75, 3.05) is 0 Å². The summed E-state index contributed by atoms with van der Waals surface area (Å²) < 4.78 is 0. The molecule has 0 radical (unpaired) electrons. The van der Waals surface area contributed by atoms with Crippen LogP contribution in [0.3, 0.4) is 0 Å². The number of hydrogen-bond donors (Lipinski definition) is 0. The number of Topliss-reactive ketones (excluding diaryl/α,β-unsaturated/α-hetero) is 1. The van der Waals surface area contributed by atoms with E-state index in [-0.39, 0.29) is 17.1 Å². The van der Waals surface area contributed by atoms with Crippen LogP contribution in [0.5, 0.6) is 0 Å². The lowest BCUT2D eigenvalue weighted by Crippen LogP contribution is -2.12. The van der Waals surface area contributed by atoms with Crippen molar-refractivity contribution in [3.63, 3.8) is 0 Å². The van der Waals surface area contributed by atoms with Gasteiger partial charge in [-0.15, -0.1) is 0 Å². The average Bonchev–Trinajstić information content (AvgIpc) is 2.64. The fourth-order valence-corrected chi connectivity index (χ4v) is 3.20. The van der Waals surface area contributed by atoms with E-state index >= 15 is 0 Å². The summed E-state index contributed by atoms with van der Waals surface area (Å²) in [5, 5.41) is 1.09. The second-order valence-electron chi connectivity index (χ2n) is 8.09. The molecule has 0 aliphatic heterocycles. The van der Waals surface area contributed by atoms with Crippen molar-refractivity contribution in [1.82, 2.24) is 4.98 Å². The first kappa shape index (κ1) is 18.3. The quantitative estimate of drug-likeness (QED) is 0.581. The van der Waals surface area contributed by atoms with Crippen LogP contribution in [0.1, 0.15) is 56.7 Å². The molecule has 0 N–H and O–H groups in total. The van der Waals surface area contributed by atoms with E-state index in [2.05, 4.69) is 56.1 Å². The summed E-state index contributed by atoms with van der Waals surface area (Å²) >= 11 is 0. The van der Waals surface area contributed by atoms with Gasteiger partial charge in [-0.05, 0) is 46.7 Å². The molecule has 2 aromatic carbocycles. The Morgan fingerprint density at radius 2 is 1.77 bits per heavy atom. The average molecular weight is 345 g/mol. The van der Waals surface area contributed by atoms with E-state index in [9.17, 15) is 4.79 Å². The number of fused-ring (bicyclic) bond motifs is 1. The van der Waals surface area contributed by atoms with Gasteiger partial charge in [0.25, 0.3) is 0 Å². The fourth-order valence-electron chi connectivity index (χ4n) is 3.20. The summed E-state index contributed by atoms with van der Waals surface area (Å²) in [5.41, 5.74) is 4.74. The highest BCUT2D eigenvalue weighted by molar-refractivity contribution is 5.87. The molecule has 134 valence electrons. The first-order valence-electron chi connectivity index (χ1n) is 9.31. The number of aromatic nitrogens is 1. The predicted molar refractivity (Wildman–Crippen MR) is 109 cm³/mol. The lowest BCUT2D eigenvalue weighted by molar-refractivity contribution is -0.120. The van der Waals surface area contributed by atoms with Crippen molar-refractivity contribution in [1.29, 1.82) is 0 Å². The molecule has 1 heterocycles. The van der Waals surface area contributed by atoms with E-state index in [1.807, 2.05) is 31.2 Å². The molecule has 0 saturated heterocycles. The zero-order chi connectivity index (χ0) is 18.7. The lowest BCUT2D eigenvalue weighted by atomic mass is 9.86. The van der Waals surface area contributed by atoms with Crippen LogP contribution in [-0.4, -0.2) is 10.8 Å². The largest absolute Gasteiger partial charge is 0.299 e. The van der Waals surface area contributed by atoms with E-state index in [1.54, 1.807) is 6.20 Å². The first-order valence-corrected chi connectivity index (χ1v) is 9.31. The van der Waals surface area contributed by atoms with Crippen LogP contribution in [-0.2, 0) is 16.6 Å². The zero-order valence-electron chi connectivity index (χ0n) is 16.1. The van der Waals surface area contributed by atoms with Crippen molar-refractivity contribution in [2.45, 2.75) is 51.9 Å². The highest BCUT2D eigenvalue weighted by atomic mass is 16.1. The van der Waals surface area contributed by atoms with Gasteiger partial charge < -0.3 is 0 Å². The summed E-state index contributed by atoms with van der Waals surface area (Å²) in [5.74, 6) is 0.196. The zero-order valence-corrected chi connectivity index (χ0v) is 16.1. The number of aryl methyl sites for hydroxylation is 1. The molecule has 0 saturated carbocycles. The number of nitrogens with zero attached hydrogens (tertiary/aromatic N) is 1. The molecule has 2 nitrogen and oxygen atoms in total. The van der Waals surface area contributed by atoms with Crippen molar-refractivity contribution < 1.29 is 4.79 Å². The molecular formula is C24H27NO. The van der Waals surface area contributed by atoms with Gasteiger partial charge in [-0.1, -0.05) is 64.1 Å². The summed E-state index contributed by atoms with van der Waals surface area (Å²) in [6.07, 6.45) is 3.16. The molecule has 0 spiro atoms. The van der Waals surface area contributed by atoms with Crippen LogP contribution >= 0.6 is 0 Å². The second kappa shape index (κ2) is 7.41. The summed E-state index contributed by atoms with van der Waals surface area (Å²) in [6.45, 7) is 8.65. The third kappa shape index (κ3) is 4.19. The van der Waals surface area contributed by atoms with E-state index in [1.165, 1.54) is 11.1 Å². The van der Waals surface area contributed by atoms with Gasteiger partial charge in [0.05, 0.1) is 5.52 Å². The maximum Gasteiger partial charge on any atom is 0.140 e. The Bertz CT molecular complexity index is 903. The Labute approximate surface area is 156 Å². The monoisotopic (exact) mass is 345 g/mol. The molecular weight excluding hydrogens is 318 g/mol. The molecule has 2 heteroatoms. The number of hydrogen-bond acceptors (Lipinski definition) is 2. The molecule has 0 aliphatic carbocycles. The molecule has 1 aromatic heterocycles. The topological polar surface area (TPSA) is 30.0 Å². The SMILES string of the molecule is CC(C(=O)CCc1ccc(C(C)(C)C)cc1)c1ccc2ncccc2c1. The Hall–Kier alpha value is -2.48. The number of rotatable bonds is 5. The lowest BCUT2D eigenvalue weighted by Gasteiger charge is -2.19. The summed E-state index contributed by atoms with van der Waals surface area (Å²) in [7, 11) is 0. The van der Waals surface area contributed by atoms with Gasteiger partial charge in [0.2, 0.25) is 0 Å². The first-order chi connectivity index (χ1) is 12.3. The van der Waals surface area contributed by atoms with Crippen molar-refractivity contribution >= 4 is 16.7 Å². The second-order valence-corrected chi connectivity index (χ2v) is 8.09. The van der Waals surface area contributed by atoms with Gasteiger partial charge in [-0.3, -0.25) is 9.78 Å². The standard InChI is InChI=1S/C24H27NO/c1-17(19-10-13-22-20(16-19)6-5-15-25-22)23(26)14-9-18-7-11-21(12-8-18)24(2,3)4/h5-8,10-13,15-17H,9,14H2,1-4H3. The maximum atomic E-state index is 12.7. The minimum absolute atomic E-state index is 0.0894. The highest BCUT2D eigenvalue weighted by Crippen LogP contribution is 2.24. The molecule has 0 bridgehead atoms. The number of carbonyl (C=O) groups excluding carboxylic acids is 1. The number of carbonyl (C=O) groups is 1. The molecule has 3 aromatic rings. The van der Waals surface area contributed by atoms with Gasteiger partial charge in [0, 0.05) is 23.9 Å². The summed E-state index contributed by atoms with van der Waals surface area (Å²) in [6, 6.07) is 18.7. The summed E-state index contributed by atoms with van der Waals surface area (Å²) in [4.78, 5) is 17.0. The van der Waals surface area contributed by atoms with Crippen LogP contribution < -0.4 is 0 Å². The minimum Gasteiger partial charge on any atom is -0.299 e. The van der Waals surface area contributed by atoms with Gasteiger partial charge in [-0.25, -0.2) is 0 Å². The minimum atomic E-state index is -0.0894. The molecule has 0 fully saturated rings. The fraction of sp³-hybridized carbons (Fsp3) is 0.333. The molecule has 26 heavy (non-hydrogen) atoms. The third-order valence-electron chi connectivity index (χ3n) is 5.09. The van der Waals surface area contributed by atoms with E-state index in [0.29, 0.717) is 6.42 Å². The smallest absolute Gasteiger partial charge is 0.140 e. The van der Waals surface area contributed by atoms with Gasteiger partial charge in [0.15, 0.2) is 0 Å². The van der Waals surface area contributed by atoms with Crippen molar-refractivity contribution in [2.24, 2.45) is 0 Å². The normalized spacial score (nSPS) is 12.9. The van der Waals surface area contributed by atoms with Crippen LogP contribution in [0.25, 0.3) is 10.9 Å². The Balaban J connectivity index is 1.65. The van der Waals surface area contributed by atoms with Crippen molar-refractivity contribution in [3.05, 3.63) is 77.5 Å². The number of benzene rings is 2. The van der Waals surface area contributed by atoms with E-state index in [0.717, 1.165) is 22.9 Å². The Morgan fingerprint density at radius 3 is 2.46 bits per heavy atom. The molecule has 0 aliphatic rings. The maximum absolute atomic E-state index is 12.7. The molecule has 0 amide bonds. The predicted octanol–water partition coefficient (Wildman–Crippen LogP) is 5.84.